The van der Waals surface area contributed by atoms with Gasteiger partial charge >= 0.3 is 0 Å². The lowest BCUT2D eigenvalue weighted by molar-refractivity contribution is 0.110. The summed E-state index contributed by atoms with van der Waals surface area (Å²) in [6.45, 7) is 15.8. The zero-order valence-electron chi connectivity index (χ0n) is 14.8. The number of hydrogen-bond donors (Lipinski definition) is 1. The van der Waals surface area contributed by atoms with Crippen molar-refractivity contribution in [3.63, 3.8) is 0 Å². The van der Waals surface area contributed by atoms with Crippen molar-refractivity contribution in [3.8, 4) is 6.07 Å². The Balaban J connectivity index is 2.33. The Bertz CT molecular complexity index is 331. The Morgan fingerprint density at radius 1 is 1.19 bits per heavy atom. The minimum Gasteiger partial charge on any atom is -0.303 e. The first kappa shape index (κ1) is 18.5. The zero-order chi connectivity index (χ0) is 15.9. The molecular formula is C18H35N3. The van der Waals surface area contributed by atoms with E-state index in [1.165, 1.54) is 25.9 Å². The van der Waals surface area contributed by atoms with Gasteiger partial charge in [-0.25, -0.2) is 0 Å². The molecule has 0 aromatic rings. The fourth-order valence-corrected chi connectivity index (χ4v) is 3.53. The summed E-state index contributed by atoms with van der Waals surface area (Å²) in [6, 6.07) is 2.50. The van der Waals surface area contributed by atoms with Crippen molar-refractivity contribution in [1.29, 1.82) is 5.26 Å². The van der Waals surface area contributed by atoms with E-state index in [0.717, 1.165) is 38.3 Å². The summed E-state index contributed by atoms with van der Waals surface area (Å²) >= 11 is 0. The number of likely N-dealkylation sites (tertiary alicyclic amines) is 1. The first-order valence-corrected chi connectivity index (χ1v) is 8.75. The summed E-state index contributed by atoms with van der Waals surface area (Å²) in [5.41, 5.74) is 0.147. The smallest absolute Gasteiger partial charge is 0.106 e. The van der Waals surface area contributed by atoms with Crippen LogP contribution in [-0.4, -0.2) is 36.6 Å². The Kier molecular flexibility index (Phi) is 7.16. The van der Waals surface area contributed by atoms with Crippen LogP contribution in [0.15, 0.2) is 0 Å². The molecule has 1 saturated heterocycles. The quantitative estimate of drug-likeness (QED) is 0.776. The summed E-state index contributed by atoms with van der Waals surface area (Å²) in [5.74, 6) is 0.865. The number of nitrogens with one attached hydrogen (secondary N) is 1. The highest BCUT2D eigenvalue weighted by molar-refractivity contribution is 5.06. The van der Waals surface area contributed by atoms with E-state index in [1.807, 2.05) is 0 Å². The normalized spacial score (nSPS) is 21.0. The zero-order valence-corrected chi connectivity index (χ0v) is 14.8. The summed E-state index contributed by atoms with van der Waals surface area (Å²) < 4.78 is 0. The van der Waals surface area contributed by atoms with Crippen molar-refractivity contribution in [2.24, 2.45) is 11.3 Å². The van der Waals surface area contributed by atoms with Gasteiger partial charge in [0.15, 0.2) is 0 Å². The van der Waals surface area contributed by atoms with Crippen molar-refractivity contribution in [3.05, 3.63) is 0 Å². The van der Waals surface area contributed by atoms with Gasteiger partial charge in [0.05, 0.1) is 6.07 Å². The Labute approximate surface area is 132 Å². The maximum absolute atomic E-state index is 9.44. The second kappa shape index (κ2) is 8.15. The minimum absolute atomic E-state index is 0.307. The van der Waals surface area contributed by atoms with Crippen LogP contribution in [0.4, 0.5) is 0 Å². The third-order valence-corrected chi connectivity index (χ3v) is 5.22. The van der Waals surface area contributed by atoms with Gasteiger partial charge in [0.25, 0.3) is 0 Å². The van der Waals surface area contributed by atoms with E-state index in [9.17, 15) is 5.26 Å². The molecule has 1 fully saturated rings. The monoisotopic (exact) mass is 293 g/mol. The molecule has 0 saturated carbocycles. The molecule has 1 unspecified atom stereocenters. The van der Waals surface area contributed by atoms with Crippen LogP contribution >= 0.6 is 0 Å². The third kappa shape index (κ3) is 5.60. The van der Waals surface area contributed by atoms with Gasteiger partial charge in [-0.2, -0.15) is 5.26 Å². The molecule has 1 aliphatic rings. The summed E-state index contributed by atoms with van der Waals surface area (Å²) in [7, 11) is 0. The van der Waals surface area contributed by atoms with Gasteiger partial charge in [-0.3, -0.25) is 5.32 Å². The predicted octanol–water partition coefficient (Wildman–Crippen LogP) is 3.81. The topological polar surface area (TPSA) is 39.1 Å². The highest BCUT2D eigenvalue weighted by atomic mass is 15.1. The minimum atomic E-state index is -0.307. The van der Waals surface area contributed by atoms with Crippen LogP contribution in [0.3, 0.4) is 0 Å². The summed E-state index contributed by atoms with van der Waals surface area (Å²) in [5, 5.41) is 12.8. The molecule has 0 aromatic heterocycles. The number of nitriles is 1. The van der Waals surface area contributed by atoms with E-state index >= 15 is 0 Å². The number of rotatable bonds is 7. The second-order valence-corrected chi connectivity index (χ2v) is 7.66. The fourth-order valence-electron chi connectivity index (χ4n) is 3.53. The fraction of sp³-hybridized carbons (Fsp3) is 0.944. The van der Waals surface area contributed by atoms with Gasteiger partial charge < -0.3 is 4.90 Å². The molecular weight excluding hydrogens is 258 g/mol. The second-order valence-electron chi connectivity index (χ2n) is 7.66. The van der Waals surface area contributed by atoms with Crippen LogP contribution in [-0.2, 0) is 0 Å². The van der Waals surface area contributed by atoms with Gasteiger partial charge in [-0.15, -0.1) is 0 Å². The summed E-state index contributed by atoms with van der Waals surface area (Å²) in [4.78, 5) is 2.59. The molecule has 1 aliphatic heterocycles. The lowest BCUT2D eigenvalue weighted by atomic mass is 9.75. The van der Waals surface area contributed by atoms with E-state index < -0.39 is 0 Å². The SMILES string of the molecule is CCNC(C#N)(CC)CCCN1CCC(C(C)(C)C)CC1. The highest BCUT2D eigenvalue weighted by Crippen LogP contribution is 2.34. The molecule has 1 heterocycles. The van der Waals surface area contributed by atoms with E-state index in [-0.39, 0.29) is 5.54 Å². The van der Waals surface area contributed by atoms with Gasteiger partial charge in [-0.1, -0.05) is 34.6 Å². The van der Waals surface area contributed by atoms with Crippen molar-refractivity contribution in [2.45, 2.75) is 72.3 Å². The summed E-state index contributed by atoms with van der Waals surface area (Å²) in [6.07, 6.45) is 5.63. The van der Waals surface area contributed by atoms with Crippen LogP contribution in [0.1, 0.15) is 66.7 Å². The van der Waals surface area contributed by atoms with Crippen molar-refractivity contribution >= 4 is 0 Å². The van der Waals surface area contributed by atoms with Crippen LogP contribution in [0, 0.1) is 22.7 Å². The molecule has 1 N–H and O–H groups in total. The molecule has 1 atom stereocenters. The Morgan fingerprint density at radius 3 is 2.24 bits per heavy atom. The average Bonchev–Trinajstić information content (AvgIpc) is 2.46. The van der Waals surface area contributed by atoms with E-state index in [4.69, 9.17) is 0 Å². The molecule has 0 spiro atoms. The van der Waals surface area contributed by atoms with Gasteiger partial charge in [0.2, 0.25) is 0 Å². The number of nitrogens with zero attached hydrogens (tertiary/aromatic N) is 2. The molecule has 3 nitrogen and oxygen atoms in total. The molecule has 0 bridgehead atoms. The molecule has 21 heavy (non-hydrogen) atoms. The van der Waals surface area contributed by atoms with Crippen LogP contribution in [0.25, 0.3) is 0 Å². The number of hydrogen-bond acceptors (Lipinski definition) is 3. The van der Waals surface area contributed by atoms with Gasteiger partial charge in [-0.05, 0) is 69.6 Å². The van der Waals surface area contributed by atoms with E-state index in [0.29, 0.717) is 5.41 Å². The first-order chi connectivity index (χ1) is 9.87. The van der Waals surface area contributed by atoms with Gasteiger partial charge in [0, 0.05) is 0 Å². The van der Waals surface area contributed by atoms with Crippen molar-refractivity contribution in [1.82, 2.24) is 10.2 Å². The van der Waals surface area contributed by atoms with Crippen molar-refractivity contribution < 1.29 is 0 Å². The molecule has 122 valence electrons. The number of piperidine rings is 1. The maximum atomic E-state index is 9.44. The van der Waals surface area contributed by atoms with Crippen LogP contribution in [0.5, 0.6) is 0 Å². The lowest BCUT2D eigenvalue weighted by Crippen LogP contribution is -2.44. The third-order valence-electron chi connectivity index (χ3n) is 5.22. The molecule has 0 radical (unpaired) electrons. The van der Waals surface area contributed by atoms with Gasteiger partial charge in [0.1, 0.15) is 5.54 Å². The molecule has 1 rings (SSSR count). The maximum Gasteiger partial charge on any atom is 0.106 e. The molecule has 3 heteroatoms. The molecule has 0 aromatic carbocycles. The Hall–Kier alpha value is -0.590. The van der Waals surface area contributed by atoms with E-state index in [1.54, 1.807) is 0 Å². The van der Waals surface area contributed by atoms with Crippen LogP contribution in [0.2, 0.25) is 0 Å². The lowest BCUT2D eigenvalue weighted by Gasteiger charge is -2.39. The predicted molar refractivity (Wildman–Crippen MR) is 90.2 cm³/mol. The van der Waals surface area contributed by atoms with E-state index in [2.05, 4.69) is 50.9 Å². The van der Waals surface area contributed by atoms with Crippen LogP contribution < -0.4 is 5.32 Å². The molecule has 0 aliphatic carbocycles. The standard InChI is InChI=1S/C18H35N3/c1-6-18(15-19,20-7-2)11-8-12-21-13-9-16(10-14-21)17(3,4)5/h16,20H,6-14H2,1-5H3. The highest BCUT2D eigenvalue weighted by Gasteiger charge is 2.29. The van der Waals surface area contributed by atoms with Crippen molar-refractivity contribution in [2.75, 3.05) is 26.2 Å². The largest absolute Gasteiger partial charge is 0.303 e. The Morgan fingerprint density at radius 2 is 1.81 bits per heavy atom. The average molecular weight is 293 g/mol. The molecule has 0 amide bonds. The first-order valence-electron chi connectivity index (χ1n) is 8.75.